The number of fused-ring (bicyclic) bond motifs is 1. The van der Waals surface area contributed by atoms with Gasteiger partial charge in [0.25, 0.3) is 0 Å². The maximum absolute atomic E-state index is 12.3. The molecule has 3 rings (SSSR count). The van der Waals surface area contributed by atoms with Gasteiger partial charge in [0.2, 0.25) is 0 Å². The summed E-state index contributed by atoms with van der Waals surface area (Å²) >= 11 is -2.73. The molecule has 5 nitrogen and oxygen atoms in total. The van der Waals surface area contributed by atoms with E-state index in [-0.39, 0.29) is 10.8 Å². The normalized spacial score (nSPS) is 15.7. The second-order valence-corrected chi connectivity index (χ2v) is 10.2. The van der Waals surface area contributed by atoms with E-state index in [0.29, 0.717) is 9.13 Å². The fourth-order valence-electron chi connectivity index (χ4n) is 1.85. The van der Waals surface area contributed by atoms with E-state index in [4.69, 9.17) is 2.51 Å². The Labute approximate surface area is 130 Å². The first-order chi connectivity index (χ1) is 9.97. The maximum atomic E-state index is 12.3. The van der Waals surface area contributed by atoms with Crippen molar-refractivity contribution in [2.75, 3.05) is 0 Å². The third kappa shape index (κ3) is 2.81. The summed E-state index contributed by atoms with van der Waals surface area (Å²) in [7, 11) is -3.87. The third-order valence-electron chi connectivity index (χ3n) is 2.93. The summed E-state index contributed by atoms with van der Waals surface area (Å²) in [6.45, 7) is 1.88. The number of aryl methyl sites for hydroxylation is 1. The molecule has 1 aliphatic heterocycles. The number of halogens is 1. The number of rotatable bonds is 3. The molecule has 7 heteroatoms. The van der Waals surface area contributed by atoms with Crippen molar-refractivity contribution in [2.45, 2.75) is 11.8 Å². The Morgan fingerprint density at radius 2 is 1.71 bits per heavy atom. The van der Waals surface area contributed by atoms with Crippen LogP contribution in [0.3, 0.4) is 0 Å². The molecule has 0 spiro atoms. The van der Waals surface area contributed by atoms with Crippen LogP contribution in [0, 0.1) is 10.5 Å². The van der Waals surface area contributed by atoms with Crippen LogP contribution in [0.1, 0.15) is 15.9 Å². The van der Waals surface area contributed by atoms with Crippen LogP contribution in [0.25, 0.3) is 0 Å². The van der Waals surface area contributed by atoms with Gasteiger partial charge in [-0.15, -0.1) is 0 Å². The first kappa shape index (κ1) is 14.5. The summed E-state index contributed by atoms with van der Waals surface area (Å²) in [4.78, 5) is 11.9. The molecule has 0 atom stereocenters. The van der Waals surface area contributed by atoms with Crippen molar-refractivity contribution in [1.29, 1.82) is 0 Å². The second kappa shape index (κ2) is 5.39. The van der Waals surface area contributed by atoms with Gasteiger partial charge < -0.3 is 0 Å². The molecule has 2 aromatic rings. The number of hydrogen-bond donors (Lipinski definition) is 1. The molecule has 1 N–H and O–H groups in total. The summed E-state index contributed by atoms with van der Waals surface area (Å²) in [5, 5.41) is 0. The fraction of sp³-hybridized carbons (Fsp3) is 0.0714. The Balaban J connectivity index is 1.91. The number of hydrogen-bond acceptors (Lipinski definition) is 4. The predicted octanol–water partition coefficient (Wildman–Crippen LogP) is 2.65. The van der Waals surface area contributed by atoms with E-state index in [1.54, 1.807) is 36.4 Å². The van der Waals surface area contributed by atoms with Crippen molar-refractivity contribution >= 4 is 36.5 Å². The first-order valence-electron chi connectivity index (χ1n) is 6.09. The molecule has 0 saturated heterocycles. The van der Waals surface area contributed by atoms with Crippen LogP contribution < -0.4 is 3.53 Å². The van der Waals surface area contributed by atoms with E-state index < -0.39 is 30.6 Å². The molecular weight excluding hydrogens is 405 g/mol. The average molecular weight is 417 g/mol. The number of carbonyl (C=O) groups excluding carboxylic acids is 1. The van der Waals surface area contributed by atoms with Gasteiger partial charge in [-0.2, -0.15) is 0 Å². The van der Waals surface area contributed by atoms with Gasteiger partial charge in [0.05, 0.1) is 0 Å². The molecule has 0 bridgehead atoms. The predicted molar refractivity (Wildman–Crippen MR) is 86.1 cm³/mol. The molecular formula is C14H12INO4S. The molecule has 0 aliphatic carbocycles. The van der Waals surface area contributed by atoms with Gasteiger partial charge in [0.15, 0.2) is 0 Å². The first-order valence-corrected chi connectivity index (χ1v) is 10.5. The van der Waals surface area contributed by atoms with Crippen LogP contribution in [0.4, 0.5) is 0 Å². The quantitative estimate of drug-likeness (QED) is 0.616. The Kier molecular flexibility index (Phi) is 3.72. The summed E-state index contributed by atoms with van der Waals surface area (Å²) in [6, 6.07) is 13.3. The van der Waals surface area contributed by atoms with Crippen LogP contribution in [0.15, 0.2) is 53.4 Å². The van der Waals surface area contributed by atoms with Crippen LogP contribution in [0.5, 0.6) is 0 Å². The van der Waals surface area contributed by atoms with Crippen molar-refractivity contribution < 1.29 is 15.7 Å². The number of amides is 1. The number of nitrogens with one attached hydrogen (secondary N) is 1. The molecule has 0 saturated carbocycles. The Morgan fingerprint density at radius 3 is 2.43 bits per heavy atom. The van der Waals surface area contributed by atoms with Gasteiger partial charge in [-0.05, 0) is 0 Å². The Bertz CT molecular complexity index is 802. The SMILES string of the molecule is Cc1ccc(S(=O)(=O)OI2NC(=O)c3ccccc32)cc1. The van der Waals surface area contributed by atoms with Gasteiger partial charge in [0, 0.05) is 0 Å². The van der Waals surface area contributed by atoms with Crippen molar-refractivity contribution in [3.8, 4) is 0 Å². The van der Waals surface area contributed by atoms with E-state index in [1.807, 2.05) is 6.92 Å². The molecule has 1 amide bonds. The molecule has 1 heterocycles. The van der Waals surface area contributed by atoms with Crippen molar-refractivity contribution in [2.24, 2.45) is 0 Å². The van der Waals surface area contributed by atoms with Crippen molar-refractivity contribution in [3.63, 3.8) is 0 Å². The molecule has 0 unspecified atom stereocenters. The zero-order valence-electron chi connectivity index (χ0n) is 11.0. The Hall–Kier alpha value is -1.45. The zero-order valence-corrected chi connectivity index (χ0v) is 14.0. The molecule has 2 aromatic carbocycles. The van der Waals surface area contributed by atoms with E-state index in [2.05, 4.69) is 3.53 Å². The van der Waals surface area contributed by atoms with Crippen LogP contribution in [-0.2, 0) is 12.6 Å². The van der Waals surface area contributed by atoms with Crippen molar-refractivity contribution in [1.82, 2.24) is 3.53 Å². The molecule has 0 fully saturated rings. The number of carbonyl (C=O) groups is 1. The molecule has 21 heavy (non-hydrogen) atoms. The van der Waals surface area contributed by atoms with Gasteiger partial charge in [-0.25, -0.2) is 0 Å². The van der Waals surface area contributed by atoms with Gasteiger partial charge in [-0.3, -0.25) is 0 Å². The summed E-state index contributed by atoms with van der Waals surface area (Å²) in [5.74, 6) is -0.269. The van der Waals surface area contributed by atoms with Gasteiger partial charge >= 0.3 is 131 Å². The molecule has 1 aliphatic rings. The fourth-order valence-corrected chi connectivity index (χ4v) is 8.06. The zero-order chi connectivity index (χ0) is 15.0. The number of benzene rings is 2. The summed E-state index contributed by atoms with van der Waals surface area (Å²) in [5.41, 5.74) is 1.47. The average Bonchev–Trinajstić information content (AvgIpc) is 2.76. The van der Waals surface area contributed by atoms with Crippen molar-refractivity contribution in [3.05, 3.63) is 63.2 Å². The van der Waals surface area contributed by atoms with Crippen LogP contribution in [0.2, 0.25) is 0 Å². The summed E-state index contributed by atoms with van der Waals surface area (Å²) < 4.78 is 33.2. The molecule has 0 aromatic heterocycles. The second-order valence-electron chi connectivity index (χ2n) is 4.48. The topological polar surface area (TPSA) is 72.5 Å². The van der Waals surface area contributed by atoms with Gasteiger partial charge in [0.1, 0.15) is 0 Å². The summed E-state index contributed by atoms with van der Waals surface area (Å²) in [6.07, 6.45) is 0. The van der Waals surface area contributed by atoms with E-state index in [0.717, 1.165) is 5.56 Å². The minimum atomic E-state index is -3.87. The standard InChI is InChI=1S/C14H12INO4S/c1-10-6-8-11(9-7-10)21(18,19)20-15-13-5-3-2-4-12(13)14(17)16-15/h2-9H,1H3,(H,16,17). The monoisotopic (exact) mass is 417 g/mol. The van der Waals surface area contributed by atoms with Gasteiger partial charge in [-0.1, -0.05) is 0 Å². The van der Waals surface area contributed by atoms with E-state index in [1.165, 1.54) is 12.1 Å². The molecule has 110 valence electrons. The van der Waals surface area contributed by atoms with Crippen LogP contribution >= 0.6 is 20.5 Å². The van der Waals surface area contributed by atoms with E-state index in [9.17, 15) is 13.2 Å². The van der Waals surface area contributed by atoms with E-state index >= 15 is 0 Å². The third-order valence-corrected chi connectivity index (χ3v) is 9.55. The molecule has 0 radical (unpaired) electrons. The minimum absolute atomic E-state index is 0.101. The van der Waals surface area contributed by atoms with Crippen LogP contribution in [-0.4, -0.2) is 14.3 Å². The Morgan fingerprint density at radius 1 is 1.05 bits per heavy atom.